The van der Waals surface area contributed by atoms with E-state index in [0.717, 1.165) is 31.6 Å². The van der Waals surface area contributed by atoms with Gasteiger partial charge in [0.05, 0.1) is 5.92 Å². The maximum atomic E-state index is 12.2. The van der Waals surface area contributed by atoms with Gasteiger partial charge in [-0.25, -0.2) is 0 Å². The highest BCUT2D eigenvalue weighted by molar-refractivity contribution is 6.00. The molecule has 2 saturated heterocycles. The van der Waals surface area contributed by atoms with Gasteiger partial charge in [-0.2, -0.15) is 0 Å². The lowest BCUT2D eigenvalue weighted by atomic mass is 10.0. The zero-order valence-electron chi connectivity index (χ0n) is 11.8. The van der Waals surface area contributed by atoms with Crippen LogP contribution < -0.4 is 4.90 Å². The lowest BCUT2D eigenvalue weighted by Crippen LogP contribution is -2.45. The third kappa shape index (κ3) is 2.30. The van der Waals surface area contributed by atoms with E-state index in [1.54, 1.807) is 4.90 Å². The van der Waals surface area contributed by atoms with E-state index >= 15 is 0 Å². The molecule has 1 unspecified atom stereocenters. The van der Waals surface area contributed by atoms with Crippen LogP contribution in [0.3, 0.4) is 0 Å². The largest absolute Gasteiger partial charge is 0.342 e. The van der Waals surface area contributed by atoms with Crippen molar-refractivity contribution >= 4 is 17.5 Å². The van der Waals surface area contributed by atoms with E-state index in [0.29, 0.717) is 13.0 Å². The molecule has 2 fully saturated rings. The zero-order chi connectivity index (χ0) is 14.1. The summed E-state index contributed by atoms with van der Waals surface area (Å²) in [5, 5.41) is 0. The van der Waals surface area contributed by atoms with Gasteiger partial charge in [-0.15, -0.1) is 0 Å². The first-order valence-electron chi connectivity index (χ1n) is 7.37. The predicted octanol–water partition coefficient (Wildman–Crippen LogP) is 1.83. The molecule has 4 nitrogen and oxygen atoms in total. The molecule has 2 aliphatic heterocycles. The number of hydrogen-bond acceptors (Lipinski definition) is 2. The van der Waals surface area contributed by atoms with Crippen molar-refractivity contribution < 1.29 is 9.59 Å². The number of carbonyl (C=O) groups excluding carboxylic acids is 2. The fraction of sp³-hybridized carbons (Fsp3) is 0.500. The molecule has 1 atom stereocenters. The van der Waals surface area contributed by atoms with E-state index in [2.05, 4.69) is 6.92 Å². The number of hydrogen-bond donors (Lipinski definition) is 0. The summed E-state index contributed by atoms with van der Waals surface area (Å²) in [4.78, 5) is 27.9. The average molecular weight is 272 g/mol. The third-order valence-electron chi connectivity index (χ3n) is 4.30. The van der Waals surface area contributed by atoms with Gasteiger partial charge in [-0.1, -0.05) is 19.1 Å². The Morgan fingerprint density at radius 2 is 1.95 bits per heavy atom. The van der Waals surface area contributed by atoms with Gasteiger partial charge in [0.1, 0.15) is 0 Å². The number of rotatable bonds is 3. The van der Waals surface area contributed by atoms with Crippen molar-refractivity contribution in [3.8, 4) is 0 Å². The Bertz CT molecular complexity index is 520. The molecule has 4 heteroatoms. The number of nitrogens with zero attached hydrogens (tertiary/aromatic N) is 2. The quantitative estimate of drug-likeness (QED) is 0.842. The Morgan fingerprint density at radius 1 is 1.25 bits per heavy atom. The van der Waals surface area contributed by atoms with E-state index in [1.807, 2.05) is 29.2 Å². The molecule has 0 spiro atoms. The SMILES string of the molecule is CCc1ccc(N2CC(C(=O)N3CCC3)CC2=O)cc1. The Labute approximate surface area is 119 Å². The summed E-state index contributed by atoms with van der Waals surface area (Å²) in [6.45, 7) is 4.35. The van der Waals surface area contributed by atoms with Crippen LogP contribution in [0.5, 0.6) is 0 Å². The molecule has 0 radical (unpaired) electrons. The topological polar surface area (TPSA) is 40.6 Å². The van der Waals surface area contributed by atoms with E-state index in [4.69, 9.17) is 0 Å². The summed E-state index contributed by atoms with van der Waals surface area (Å²) < 4.78 is 0. The Kier molecular flexibility index (Phi) is 3.47. The van der Waals surface area contributed by atoms with Crippen molar-refractivity contribution in [1.82, 2.24) is 4.90 Å². The number of likely N-dealkylation sites (tertiary alicyclic amines) is 1. The van der Waals surface area contributed by atoms with Crippen LogP contribution in [-0.4, -0.2) is 36.3 Å². The smallest absolute Gasteiger partial charge is 0.228 e. The first-order valence-corrected chi connectivity index (χ1v) is 7.37. The normalized spacial score (nSPS) is 22.1. The number of aryl methyl sites for hydroxylation is 1. The standard InChI is InChI=1S/C16H20N2O2/c1-2-12-4-6-14(7-5-12)18-11-13(10-15(18)19)16(20)17-8-3-9-17/h4-7,13H,2-3,8-11H2,1H3. The molecule has 20 heavy (non-hydrogen) atoms. The van der Waals surface area contributed by atoms with Crippen molar-refractivity contribution in [3.05, 3.63) is 29.8 Å². The molecule has 2 amide bonds. The van der Waals surface area contributed by atoms with Gasteiger partial charge in [0.15, 0.2) is 0 Å². The molecule has 106 valence electrons. The van der Waals surface area contributed by atoms with Crippen molar-refractivity contribution in [1.29, 1.82) is 0 Å². The van der Waals surface area contributed by atoms with E-state index < -0.39 is 0 Å². The summed E-state index contributed by atoms with van der Waals surface area (Å²) >= 11 is 0. The monoisotopic (exact) mass is 272 g/mol. The van der Waals surface area contributed by atoms with E-state index in [1.165, 1.54) is 5.56 Å². The highest BCUT2D eigenvalue weighted by Gasteiger charge is 2.38. The van der Waals surface area contributed by atoms with E-state index in [9.17, 15) is 9.59 Å². The lowest BCUT2D eigenvalue weighted by Gasteiger charge is -2.32. The second kappa shape index (κ2) is 5.27. The molecule has 0 saturated carbocycles. The number of carbonyl (C=O) groups is 2. The minimum absolute atomic E-state index is 0.0631. The minimum Gasteiger partial charge on any atom is -0.342 e. The van der Waals surface area contributed by atoms with Crippen LogP contribution in [0.25, 0.3) is 0 Å². The number of benzene rings is 1. The van der Waals surface area contributed by atoms with Gasteiger partial charge in [-0.3, -0.25) is 9.59 Å². The van der Waals surface area contributed by atoms with Crippen molar-refractivity contribution in [2.24, 2.45) is 5.92 Å². The number of amides is 2. The highest BCUT2D eigenvalue weighted by Crippen LogP contribution is 2.27. The van der Waals surface area contributed by atoms with Crippen LogP contribution >= 0.6 is 0 Å². The van der Waals surface area contributed by atoms with Crippen LogP contribution in [0.4, 0.5) is 5.69 Å². The second-order valence-corrected chi connectivity index (χ2v) is 5.60. The summed E-state index contributed by atoms with van der Waals surface area (Å²) in [5.74, 6) is 0.0547. The Morgan fingerprint density at radius 3 is 2.50 bits per heavy atom. The van der Waals surface area contributed by atoms with Crippen LogP contribution in [0, 0.1) is 5.92 Å². The fourth-order valence-electron chi connectivity index (χ4n) is 2.83. The lowest BCUT2D eigenvalue weighted by molar-refractivity contribution is -0.139. The fourth-order valence-corrected chi connectivity index (χ4v) is 2.83. The molecule has 3 rings (SSSR count). The molecule has 0 aromatic heterocycles. The maximum absolute atomic E-state index is 12.2. The summed E-state index contributed by atoms with van der Waals surface area (Å²) in [7, 11) is 0. The molecular weight excluding hydrogens is 252 g/mol. The Hall–Kier alpha value is -1.84. The van der Waals surface area contributed by atoms with Gasteiger partial charge in [0.25, 0.3) is 0 Å². The van der Waals surface area contributed by atoms with Crippen LogP contribution in [0.15, 0.2) is 24.3 Å². The molecule has 1 aromatic rings. The van der Waals surface area contributed by atoms with Crippen LogP contribution in [0.1, 0.15) is 25.3 Å². The third-order valence-corrected chi connectivity index (χ3v) is 4.30. The van der Waals surface area contributed by atoms with Gasteiger partial charge in [0.2, 0.25) is 11.8 Å². The minimum atomic E-state index is -0.159. The first kappa shape index (κ1) is 13.2. The van der Waals surface area contributed by atoms with Crippen molar-refractivity contribution in [2.75, 3.05) is 24.5 Å². The van der Waals surface area contributed by atoms with Crippen molar-refractivity contribution in [2.45, 2.75) is 26.2 Å². The molecular formula is C16H20N2O2. The van der Waals surface area contributed by atoms with Crippen LogP contribution in [-0.2, 0) is 16.0 Å². The molecule has 0 bridgehead atoms. The molecule has 1 aromatic carbocycles. The highest BCUT2D eigenvalue weighted by atomic mass is 16.2. The molecule has 2 aliphatic rings. The molecule has 0 N–H and O–H groups in total. The van der Waals surface area contributed by atoms with Gasteiger partial charge < -0.3 is 9.80 Å². The second-order valence-electron chi connectivity index (χ2n) is 5.60. The number of anilines is 1. The first-order chi connectivity index (χ1) is 9.69. The van der Waals surface area contributed by atoms with Gasteiger partial charge in [-0.05, 0) is 30.5 Å². The Balaban J connectivity index is 1.71. The summed E-state index contributed by atoms with van der Waals surface area (Å²) in [5.41, 5.74) is 2.17. The zero-order valence-corrected chi connectivity index (χ0v) is 11.8. The molecule has 0 aliphatic carbocycles. The van der Waals surface area contributed by atoms with Gasteiger partial charge in [0, 0.05) is 31.7 Å². The predicted molar refractivity (Wildman–Crippen MR) is 77.5 cm³/mol. The van der Waals surface area contributed by atoms with Crippen molar-refractivity contribution in [3.63, 3.8) is 0 Å². The van der Waals surface area contributed by atoms with Crippen LogP contribution in [0.2, 0.25) is 0 Å². The maximum Gasteiger partial charge on any atom is 0.228 e. The summed E-state index contributed by atoms with van der Waals surface area (Å²) in [6.07, 6.45) is 2.43. The van der Waals surface area contributed by atoms with Gasteiger partial charge >= 0.3 is 0 Å². The average Bonchev–Trinajstić information content (AvgIpc) is 2.79. The van der Waals surface area contributed by atoms with E-state index in [-0.39, 0.29) is 17.7 Å². The summed E-state index contributed by atoms with van der Waals surface area (Å²) in [6, 6.07) is 8.06. The molecule has 2 heterocycles.